The molecule has 0 aliphatic carbocycles. The Morgan fingerprint density at radius 3 is 2.64 bits per heavy atom. The van der Waals surface area contributed by atoms with Gasteiger partial charge in [-0.25, -0.2) is 4.39 Å². The van der Waals surface area contributed by atoms with Gasteiger partial charge < -0.3 is 14.8 Å². The molecular formula is C17H11FN2O5. The summed E-state index contributed by atoms with van der Waals surface area (Å²) in [4.78, 5) is 22.3. The lowest BCUT2D eigenvalue weighted by Crippen LogP contribution is -2.11. The number of amides is 1. The number of non-ortho nitro benzene ring substituents is 1. The van der Waals surface area contributed by atoms with Crippen molar-refractivity contribution >= 4 is 17.3 Å². The Hall–Kier alpha value is -3.68. The first kappa shape index (κ1) is 16.2. The van der Waals surface area contributed by atoms with E-state index < -0.39 is 16.6 Å². The lowest BCUT2D eigenvalue weighted by atomic mass is 10.1. The number of carbonyl (C=O) groups is 1. The molecule has 1 aromatic heterocycles. The van der Waals surface area contributed by atoms with E-state index in [1.54, 1.807) is 6.07 Å². The molecule has 1 amide bonds. The van der Waals surface area contributed by atoms with Crippen LogP contribution in [0.25, 0.3) is 11.3 Å². The smallest absolute Gasteiger partial charge is 0.291 e. The predicted octanol–water partition coefficient (Wildman–Crippen LogP) is 3.95. The van der Waals surface area contributed by atoms with E-state index in [0.717, 1.165) is 18.2 Å². The lowest BCUT2D eigenvalue weighted by Gasteiger charge is -2.05. The Labute approximate surface area is 140 Å². The van der Waals surface area contributed by atoms with Crippen LogP contribution < -0.4 is 5.32 Å². The van der Waals surface area contributed by atoms with Crippen molar-refractivity contribution in [3.63, 3.8) is 0 Å². The van der Waals surface area contributed by atoms with Crippen LogP contribution in [0.3, 0.4) is 0 Å². The fraction of sp³-hybridized carbons (Fsp3) is 0. The third kappa shape index (κ3) is 3.32. The van der Waals surface area contributed by atoms with Gasteiger partial charge in [-0.2, -0.15) is 0 Å². The molecule has 0 radical (unpaired) electrons. The van der Waals surface area contributed by atoms with Crippen LogP contribution in [0.1, 0.15) is 10.6 Å². The molecule has 25 heavy (non-hydrogen) atoms. The maximum atomic E-state index is 13.7. The zero-order chi connectivity index (χ0) is 18.0. The number of anilines is 1. The number of nitro groups is 1. The van der Waals surface area contributed by atoms with Gasteiger partial charge in [0.05, 0.1) is 16.2 Å². The minimum atomic E-state index is -0.738. The summed E-state index contributed by atoms with van der Waals surface area (Å²) >= 11 is 0. The Morgan fingerprint density at radius 1 is 1.16 bits per heavy atom. The SMILES string of the molecule is O=C(Nc1cc([N+](=O)[O-])ccc1O)c1ccc(-c2ccccc2F)o1. The minimum Gasteiger partial charge on any atom is -0.506 e. The monoisotopic (exact) mass is 342 g/mol. The Kier molecular flexibility index (Phi) is 4.17. The number of furan rings is 1. The highest BCUT2D eigenvalue weighted by molar-refractivity contribution is 6.03. The number of benzene rings is 2. The Bertz CT molecular complexity index is 967. The lowest BCUT2D eigenvalue weighted by molar-refractivity contribution is -0.384. The second-order valence-electron chi connectivity index (χ2n) is 5.06. The van der Waals surface area contributed by atoms with Crippen LogP contribution in [0, 0.1) is 15.9 Å². The standard InChI is InChI=1S/C17H11FN2O5/c18-12-4-2-1-3-11(12)15-7-8-16(25-15)17(22)19-13-9-10(20(23)24)5-6-14(13)21/h1-9,21H,(H,19,22). The van der Waals surface area contributed by atoms with Crippen molar-refractivity contribution in [1.82, 2.24) is 0 Å². The number of halogens is 1. The highest BCUT2D eigenvalue weighted by Gasteiger charge is 2.17. The second kappa shape index (κ2) is 6.44. The summed E-state index contributed by atoms with van der Waals surface area (Å²) in [6.45, 7) is 0. The third-order valence-electron chi connectivity index (χ3n) is 3.41. The molecule has 0 fully saturated rings. The van der Waals surface area contributed by atoms with Gasteiger partial charge >= 0.3 is 0 Å². The zero-order valence-corrected chi connectivity index (χ0v) is 12.6. The molecule has 1 heterocycles. The summed E-state index contributed by atoms with van der Waals surface area (Å²) in [5, 5.41) is 22.8. The van der Waals surface area contributed by atoms with Gasteiger partial charge in [-0.1, -0.05) is 12.1 Å². The quantitative estimate of drug-likeness (QED) is 0.424. The van der Waals surface area contributed by atoms with Crippen molar-refractivity contribution in [2.45, 2.75) is 0 Å². The molecule has 0 atom stereocenters. The third-order valence-corrected chi connectivity index (χ3v) is 3.41. The Balaban J connectivity index is 1.85. The predicted molar refractivity (Wildman–Crippen MR) is 86.8 cm³/mol. The maximum Gasteiger partial charge on any atom is 0.291 e. The minimum absolute atomic E-state index is 0.135. The number of hydrogen-bond acceptors (Lipinski definition) is 5. The van der Waals surface area contributed by atoms with Gasteiger partial charge in [-0.15, -0.1) is 0 Å². The number of phenols is 1. The number of rotatable bonds is 4. The summed E-state index contributed by atoms with van der Waals surface area (Å²) in [7, 11) is 0. The highest BCUT2D eigenvalue weighted by atomic mass is 19.1. The molecular weight excluding hydrogens is 331 g/mol. The molecule has 126 valence electrons. The largest absolute Gasteiger partial charge is 0.506 e. The number of hydrogen-bond donors (Lipinski definition) is 2. The van der Waals surface area contributed by atoms with Gasteiger partial charge in [0, 0.05) is 12.1 Å². The summed E-state index contributed by atoms with van der Waals surface area (Å²) in [5.41, 5.74) is -0.234. The number of aromatic hydroxyl groups is 1. The molecule has 0 unspecified atom stereocenters. The van der Waals surface area contributed by atoms with E-state index >= 15 is 0 Å². The van der Waals surface area contributed by atoms with Crippen LogP contribution in [0.5, 0.6) is 5.75 Å². The van der Waals surface area contributed by atoms with Crippen LogP contribution in [0.2, 0.25) is 0 Å². The van der Waals surface area contributed by atoms with Crippen LogP contribution in [-0.2, 0) is 0 Å². The van der Waals surface area contributed by atoms with Gasteiger partial charge in [-0.05, 0) is 30.3 Å². The van der Waals surface area contributed by atoms with Crippen LogP contribution in [-0.4, -0.2) is 15.9 Å². The van der Waals surface area contributed by atoms with Gasteiger partial charge in [0.15, 0.2) is 5.76 Å². The molecule has 0 aliphatic heterocycles. The molecule has 0 spiro atoms. The Morgan fingerprint density at radius 2 is 1.92 bits per heavy atom. The summed E-state index contributed by atoms with van der Waals surface area (Å²) in [5.74, 6) is -1.55. The maximum absolute atomic E-state index is 13.7. The molecule has 8 heteroatoms. The van der Waals surface area contributed by atoms with Gasteiger partial charge in [0.2, 0.25) is 0 Å². The van der Waals surface area contributed by atoms with Crippen molar-refractivity contribution in [3.05, 3.63) is 76.3 Å². The van der Waals surface area contributed by atoms with E-state index in [-0.39, 0.29) is 34.2 Å². The average Bonchev–Trinajstić information content (AvgIpc) is 3.07. The van der Waals surface area contributed by atoms with Gasteiger partial charge in [-0.3, -0.25) is 14.9 Å². The van der Waals surface area contributed by atoms with Crippen LogP contribution >= 0.6 is 0 Å². The van der Waals surface area contributed by atoms with Gasteiger partial charge in [0.1, 0.15) is 17.3 Å². The summed E-state index contributed by atoms with van der Waals surface area (Å²) in [6.07, 6.45) is 0. The number of nitro benzene ring substituents is 1. The summed E-state index contributed by atoms with van der Waals surface area (Å²) in [6, 6.07) is 11.9. The first-order chi connectivity index (χ1) is 12.0. The van der Waals surface area contributed by atoms with Crippen molar-refractivity contribution in [1.29, 1.82) is 0 Å². The summed E-state index contributed by atoms with van der Waals surface area (Å²) < 4.78 is 19.1. The van der Waals surface area contributed by atoms with Crippen LogP contribution in [0.4, 0.5) is 15.8 Å². The molecule has 2 aromatic carbocycles. The number of phenolic OH excluding ortho intramolecular Hbond substituents is 1. The molecule has 7 nitrogen and oxygen atoms in total. The number of nitrogens with zero attached hydrogens (tertiary/aromatic N) is 1. The van der Waals surface area contributed by atoms with E-state index in [2.05, 4.69) is 5.32 Å². The van der Waals surface area contributed by atoms with Crippen molar-refractivity contribution < 1.29 is 23.6 Å². The van der Waals surface area contributed by atoms with Crippen molar-refractivity contribution in [2.75, 3.05) is 5.32 Å². The molecule has 0 bridgehead atoms. The molecule has 0 aliphatic rings. The van der Waals surface area contributed by atoms with E-state index in [1.807, 2.05) is 0 Å². The van der Waals surface area contributed by atoms with Gasteiger partial charge in [0.25, 0.3) is 11.6 Å². The van der Waals surface area contributed by atoms with E-state index in [4.69, 9.17) is 4.42 Å². The zero-order valence-electron chi connectivity index (χ0n) is 12.6. The molecule has 0 saturated heterocycles. The molecule has 3 rings (SSSR count). The molecule has 0 saturated carbocycles. The fourth-order valence-electron chi connectivity index (χ4n) is 2.19. The van der Waals surface area contributed by atoms with Crippen LogP contribution in [0.15, 0.2) is 59.0 Å². The number of nitrogens with one attached hydrogen (secondary N) is 1. The van der Waals surface area contributed by atoms with E-state index in [0.29, 0.717) is 0 Å². The highest BCUT2D eigenvalue weighted by Crippen LogP contribution is 2.29. The first-order valence-electron chi connectivity index (χ1n) is 7.09. The second-order valence-corrected chi connectivity index (χ2v) is 5.06. The van der Waals surface area contributed by atoms with Crippen molar-refractivity contribution in [3.8, 4) is 17.1 Å². The normalized spacial score (nSPS) is 10.4. The average molecular weight is 342 g/mol. The topological polar surface area (TPSA) is 106 Å². The van der Waals surface area contributed by atoms with E-state index in [1.165, 1.54) is 30.3 Å². The van der Waals surface area contributed by atoms with Crippen molar-refractivity contribution in [2.24, 2.45) is 0 Å². The fourth-order valence-corrected chi connectivity index (χ4v) is 2.19. The molecule has 3 aromatic rings. The van der Waals surface area contributed by atoms with E-state index in [9.17, 15) is 24.4 Å². The number of carbonyl (C=O) groups excluding carboxylic acids is 1. The molecule has 2 N–H and O–H groups in total. The first-order valence-corrected chi connectivity index (χ1v) is 7.09.